The van der Waals surface area contributed by atoms with Gasteiger partial charge in [-0.3, -0.25) is 14.5 Å². The van der Waals surface area contributed by atoms with Crippen molar-refractivity contribution in [1.82, 2.24) is 9.88 Å². The maximum atomic E-state index is 13.4. The summed E-state index contributed by atoms with van der Waals surface area (Å²) in [4.78, 5) is 30.8. The molecule has 0 aliphatic carbocycles. The summed E-state index contributed by atoms with van der Waals surface area (Å²) in [6.45, 7) is 2.92. The number of hydrogen-bond donors (Lipinski definition) is 0. The highest BCUT2D eigenvalue weighted by molar-refractivity contribution is 6.01. The van der Waals surface area contributed by atoms with Gasteiger partial charge in [-0.05, 0) is 60.3 Å². The van der Waals surface area contributed by atoms with Crippen LogP contribution in [0.2, 0.25) is 0 Å². The van der Waals surface area contributed by atoms with Crippen LogP contribution in [-0.2, 0) is 16.1 Å². The molecular formula is C24H23FN2O3. The van der Waals surface area contributed by atoms with Gasteiger partial charge in [-0.25, -0.2) is 9.37 Å². The largest absolute Gasteiger partial charge is 0.468 e. The average Bonchev–Trinajstić information content (AvgIpc) is 3.20. The number of carbonyl (C=O) groups excluding carboxylic acids is 2. The van der Waals surface area contributed by atoms with Gasteiger partial charge in [0.15, 0.2) is 5.78 Å². The van der Waals surface area contributed by atoms with Crippen molar-refractivity contribution in [2.75, 3.05) is 13.7 Å². The minimum absolute atomic E-state index is 0.129. The number of halogens is 1. The first kappa shape index (κ1) is 20.2. The Labute approximate surface area is 174 Å². The first-order valence-electron chi connectivity index (χ1n) is 9.98. The number of benzene rings is 2. The standard InChI is InChI=1S/C24H23FN2O3/c1-15(28)21-13-20(17-6-8-18(25)9-7-17)19-10-5-16(12-22(19)26-21)14-27-11-3-4-23(27)24(29)30-2/h5-10,12-13,23H,3-4,11,14H2,1-2H3/t23-/m0/s1. The molecule has 1 aromatic heterocycles. The van der Waals surface area contributed by atoms with Crippen molar-refractivity contribution in [3.63, 3.8) is 0 Å². The summed E-state index contributed by atoms with van der Waals surface area (Å²) in [7, 11) is 1.42. The number of Topliss-reactive ketones (excluding diaryl/α,β-unsaturated/α-hetero) is 1. The molecule has 30 heavy (non-hydrogen) atoms. The Bertz CT molecular complexity index is 1110. The first-order valence-corrected chi connectivity index (χ1v) is 9.98. The number of ketones is 1. The number of nitrogens with zero attached hydrogens (tertiary/aromatic N) is 2. The Kier molecular flexibility index (Phi) is 5.59. The normalized spacial score (nSPS) is 16.7. The quantitative estimate of drug-likeness (QED) is 0.465. The second-order valence-electron chi connectivity index (χ2n) is 7.62. The van der Waals surface area contributed by atoms with Gasteiger partial charge in [-0.15, -0.1) is 0 Å². The zero-order valence-electron chi connectivity index (χ0n) is 17.0. The lowest BCUT2D eigenvalue weighted by Crippen LogP contribution is -2.36. The van der Waals surface area contributed by atoms with Crippen molar-refractivity contribution in [2.24, 2.45) is 0 Å². The van der Waals surface area contributed by atoms with Gasteiger partial charge in [0.1, 0.15) is 17.6 Å². The zero-order valence-corrected chi connectivity index (χ0v) is 17.0. The number of hydrogen-bond acceptors (Lipinski definition) is 5. The number of fused-ring (bicyclic) bond motifs is 1. The summed E-state index contributed by atoms with van der Waals surface area (Å²) >= 11 is 0. The summed E-state index contributed by atoms with van der Waals surface area (Å²) < 4.78 is 18.3. The van der Waals surface area contributed by atoms with E-state index < -0.39 is 0 Å². The van der Waals surface area contributed by atoms with E-state index in [9.17, 15) is 14.0 Å². The number of esters is 1. The van der Waals surface area contributed by atoms with Crippen LogP contribution in [0.4, 0.5) is 4.39 Å². The lowest BCUT2D eigenvalue weighted by molar-refractivity contribution is -0.146. The van der Waals surface area contributed by atoms with E-state index in [0.717, 1.165) is 41.5 Å². The molecule has 1 aliphatic heterocycles. The topological polar surface area (TPSA) is 59.5 Å². The van der Waals surface area contributed by atoms with Gasteiger partial charge in [-0.2, -0.15) is 0 Å². The predicted molar refractivity (Wildman–Crippen MR) is 113 cm³/mol. The highest BCUT2D eigenvalue weighted by Gasteiger charge is 2.31. The molecule has 4 rings (SSSR count). The molecule has 6 heteroatoms. The fraction of sp³-hybridized carbons (Fsp3) is 0.292. The van der Waals surface area contributed by atoms with E-state index in [1.54, 1.807) is 18.2 Å². The molecule has 1 saturated heterocycles. The number of aromatic nitrogens is 1. The Balaban J connectivity index is 1.74. The third kappa shape index (κ3) is 3.96. The van der Waals surface area contributed by atoms with Gasteiger partial charge < -0.3 is 4.74 Å². The Morgan fingerprint density at radius 1 is 1.17 bits per heavy atom. The van der Waals surface area contributed by atoms with Crippen molar-refractivity contribution in [1.29, 1.82) is 0 Å². The molecule has 0 unspecified atom stereocenters. The van der Waals surface area contributed by atoms with Gasteiger partial charge in [-0.1, -0.05) is 24.3 Å². The van der Waals surface area contributed by atoms with Crippen molar-refractivity contribution >= 4 is 22.7 Å². The summed E-state index contributed by atoms with van der Waals surface area (Å²) in [5.74, 6) is -0.642. The number of rotatable bonds is 5. The van der Waals surface area contributed by atoms with Gasteiger partial charge in [0.2, 0.25) is 0 Å². The molecular weight excluding hydrogens is 383 g/mol. The van der Waals surface area contributed by atoms with E-state index in [2.05, 4.69) is 9.88 Å². The molecule has 154 valence electrons. The molecule has 1 atom stereocenters. The van der Waals surface area contributed by atoms with Crippen LogP contribution < -0.4 is 0 Å². The van der Waals surface area contributed by atoms with Gasteiger partial charge in [0.25, 0.3) is 0 Å². The second kappa shape index (κ2) is 8.32. The SMILES string of the molecule is COC(=O)[C@@H]1CCCN1Cc1ccc2c(-c3ccc(F)cc3)cc(C(C)=O)nc2c1. The van der Waals surface area contributed by atoms with Crippen LogP contribution in [0.15, 0.2) is 48.5 Å². The van der Waals surface area contributed by atoms with E-state index in [4.69, 9.17) is 4.74 Å². The summed E-state index contributed by atoms with van der Waals surface area (Å²) in [6, 6.07) is 13.7. The molecule has 3 aromatic rings. The number of methoxy groups -OCH3 is 1. The first-order chi connectivity index (χ1) is 14.5. The van der Waals surface area contributed by atoms with Crippen LogP contribution in [-0.4, -0.2) is 41.3 Å². The lowest BCUT2D eigenvalue weighted by Gasteiger charge is -2.22. The van der Waals surface area contributed by atoms with E-state index >= 15 is 0 Å². The molecule has 0 amide bonds. The van der Waals surface area contributed by atoms with Crippen LogP contribution in [0.3, 0.4) is 0 Å². The minimum atomic E-state index is -0.308. The Hall–Kier alpha value is -3.12. The number of ether oxygens (including phenoxy) is 1. The second-order valence-corrected chi connectivity index (χ2v) is 7.62. The van der Waals surface area contributed by atoms with Crippen molar-refractivity contribution in [2.45, 2.75) is 32.4 Å². The number of carbonyl (C=O) groups is 2. The fourth-order valence-corrected chi connectivity index (χ4v) is 4.07. The molecule has 0 radical (unpaired) electrons. The maximum absolute atomic E-state index is 13.4. The van der Waals surface area contributed by atoms with Crippen LogP contribution in [0.25, 0.3) is 22.0 Å². The third-order valence-electron chi connectivity index (χ3n) is 5.61. The van der Waals surface area contributed by atoms with Crippen LogP contribution in [0.5, 0.6) is 0 Å². The van der Waals surface area contributed by atoms with Crippen LogP contribution in [0, 0.1) is 5.82 Å². The molecule has 5 nitrogen and oxygen atoms in total. The van der Waals surface area contributed by atoms with E-state index in [0.29, 0.717) is 17.8 Å². The smallest absolute Gasteiger partial charge is 0.323 e. The Morgan fingerprint density at radius 3 is 2.63 bits per heavy atom. The van der Waals surface area contributed by atoms with E-state index in [-0.39, 0.29) is 23.6 Å². The number of likely N-dealkylation sites (tertiary alicyclic amines) is 1. The molecule has 0 spiro atoms. The highest BCUT2D eigenvalue weighted by Crippen LogP contribution is 2.30. The molecule has 0 saturated carbocycles. The van der Waals surface area contributed by atoms with Gasteiger partial charge in [0.05, 0.1) is 12.6 Å². The lowest BCUT2D eigenvalue weighted by atomic mass is 9.98. The van der Waals surface area contributed by atoms with Crippen molar-refractivity contribution in [3.05, 3.63) is 65.6 Å². The van der Waals surface area contributed by atoms with Crippen molar-refractivity contribution in [3.8, 4) is 11.1 Å². The van der Waals surface area contributed by atoms with Crippen molar-refractivity contribution < 1.29 is 18.7 Å². The predicted octanol–water partition coefficient (Wildman–Crippen LogP) is 4.38. The molecule has 0 N–H and O–H groups in total. The third-order valence-corrected chi connectivity index (χ3v) is 5.61. The zero-order chi connectivity index (χ0) is 21.3. The summed E-state index contributed by atoms with van der Waals surface area (Å²) in [6.07, 6.45) is 1.75. The number of pyridine rings is 1. The molecule has 0 bridgehead atoms. The van der Waals surface area contributed by atoms with Crippen LogP contribution >= 0.6 is 0 Å². The monoisotopic (exact) mass is 406 g/mol. The maximum Gasteiger partial charge on any atom is 0.323 e. The summed E-state index contributed by atoms with van der Waals surface area (Å²) in [5.41, 5.74) is 3.74. The van der Waals surface area contributed by atoms with E-state index in [1.165, 1.54) is 26.2 Å². The molecule has 2 heterocycles. The minimum Gasteiger partial charge on any atom is -0.468 e. The van der Waals surface area contributed by atoms with Gasteiger partial charge >= 0.3 is 5.97 Å². The average molecular weight is 406 g/mol. The van der Waals surface area contributed by atoms with E-state index in [1.807, 2.05) is 18.2 Å². The highest BCUT2D eigenvalue weighted by atomic mass is 19.1. The summed E-state index contributed by atoms with van der Waals surface area (Å²) in [5, 5.41) is 0.890. The molecule has 1 aliphatic rings. The molecule has 1 fully saturated rings. The van der Waals surface area contributed by atoms with Crippen LogP contribution in [0.1, 0.15) is 35.8 Å². The van der Waals surface area contributed by atoms with Gasteiger partial charge in [0, 0.05) is 18.9 Å². The molecule has 2 aromatic carbocycles. The Morgan fingerprint density at radius 2 is 1.93 bits per heavy atom. The fourth-order valence-electron chi connectivity index (χ4n) is 4.07.